The van der Waals surface area contributed by atoms with E-state index in [1.807, 2.05) is 12.1 Å². The third-order valence-corrected chi connectivity index (χ3v) is 4.67. The molecule has 26 heavy (non-hydrogen) atoms. The molecule has 1 unspecified atom stereocenters. The van der Waals surface area contributed by atoms with Crippen molar-refractivity contribution in [2.24, 2.45) is 4.99 Å². The molecule has 0 aliphatic rings. The van der Waals surface area contributed by atoms with Gasteiger partial charge in [0.25, 0.3) is 0 Å². The summed E-state index contributed by atoms with van der Waals surface area (Å²) < 4.78 is 5.17. The van der Waals surface area contributed by atoms with E-state index in [9.17, 15) is 4.79 Å². The third-order valence-electron chi connectivity index (χ3n) is 3.70. The Morgan fingerprint density at radius 1 is 1.27 bits per heavy atom. The molecule has 8 heteroatoms. The number of thioether (sulfide) groups is 1. The van der Waals surface area contributed by atoms with Crippen LogP contribution in [0.3, 0.4) is 0 Å². The lowest BCUT2D eigenvalue weighted by Crippen LogP contribution is -2.41. The van der Waals surface area contributed by atoms with E-state index in [2.05, 4.69) is 40.9 Å². The Kier molecular flexibility index (Phi) is 13.3. The van der Waals surface area contributed by atoms with Crippen molar-refractivity contribution in [1.82, 2.24) is 15.5 Å². The van der Waals surface area contributed by atoms with Gasteiger partial charge in [-0.2, -0.15) is 11.8 Å². The maximum Gasteiger partial charge on any atom is 0.243 e. The molecule has 6 nitrogen and oxygen atoms in total. The minimum Gasteiger partial charge on any atom is -0.497 e. The predicted octanol–water partition coefficient (Wildman–Crippen LogP) is 2.23. The number of carbonyl (C=O) groups is 1. The van der Waals surface area contributed by atoms with Crippen LogP contribution in [0.25, 0.3) is 0 Å². The number of halogens is 1. The summed E-state index contributed by atoms with van der Waals surface area (Å²) in [6.07, 6.45) is 2.94. The van der Waals surface area contributed by atoms with Crippen LogP contribution in [0.4, 0.5) is 0 Å². The lowest BCUT2D eigenvalue weighted by atomic mass is 10.1. The van der Waals surface area contributed by atoms with E-state index in [4.69, 9.17) is 4.74 Å². The van der Waals surface area contributed by atoms with Gasteiger partial charge in [0, 0.05) is 32.4 Å². The van der Waals surface area contributed by atoms with Crippen LogP contribution in [-0.4, -0.2) is 69.1 Å². The van der Waals surface area contributed by atoms with Crippen LogP contribution in [0.5, 0.6) is 5.75 Å². The largest absolute Gasteiger partial charge is 0.497 e. The van der Waals surface area contributed by atoms with E-state index >= 15 is 0 Å². The molecule has 0 saturated carbocycles. The zero-order chi connectivity index (χ0) is 18.7. The summed E-state index contributed by atoms with van der Waals surface area (Å²) in [5, 5.41) is 7.07. The van der Waals surface area contributed by atoms with Crippen molar-refractivity contribution in [3.8, 4) is 5.75 Å². The zero-order valence-corrected chi connectivity index (χ0v) is 19.4. The van der Waals surface area contributed by atoms with Crippen LogP contribution in [-0.2, 0) is 11.2 Å². The van der Waals surface area contributed by atoms with Crippen LogP contribution < -0.4 is 15.4 Å². The normalized spacial score (nSPS) is 12.0. The molecule has 0 radical (unpaired) electrons. The predicted molar refractivity (Wildman–Crippen MR) is 122 cm³/mol. The van der Waals surface area contributed by atoms with E-state index in [1.165, 1.54) is 5.56 Å². The van der Waals surface area contributed by atoms with Crippen molar-refractivity contribution in [3.63, 3.8) is 0 Å². The molecule has 0 saturated heterocycles. The Bertz CT molecular complexity index is 553. The van der Waals surface area contributed by atoms with Crippen LogP contribution in [0.2, 0.25) is 0 Å². The molecule has 0 aromatic heterocycles. The molecule has 1 amide bonds. The molecular formula is C18H31IN4O2S. The average molecular weight is 494 g/mol. The molecule has 0 aliphatic carbocycles. The first-order valence-electron chi connectivity index (χ1n) is 8.34. The van der Waals surface area contributed by atoms with Crippen molar-refractivity contribution < 1.29 is 9.53 Å². The molecule has 1 rings (SSSR count). The van der Waals surface area contributed by atoms with Gasteiger partial charge < -0.3 is 20.3 Å². The van der Waals surface area contributed by atoms with Gasteiger partial charge in [-0.3, -0.25) is 4.79 Å². The van der Waals surface area contributed by atoms with E-state index in [0.29, 0.717) is 11.2 Å². The van der Waals surface area contributed by atoms with Gasteiger partial charge >= 0.3 is 0 Å². The highest BCUT2D eigenvalue weighted by Crippen LogP contribution is 2.11. The fourth-order valence-electron chi connectivity index (χ4n) is 1.90. The Balaban J connectivity index is 0.00000625. The maximum absolute atomic E-state index is 11.7. The van der Waals surface area contributed by atoms with Gasteiger partial charge in [-0.05, 0) is 30.4 Å². The smallest absolute Gasteiger partial charge is 0.243 e. The highest BCUT2D eigenvalue weighted by molar-refractivity contribution is 14.0. The van der Waals surface area contributed by atoms with Gasteiger partial charge in [0.15, 0.2) is 5.96 Å². The molecule has 1 aromatic carbocycles. The molecule has 0 aliphatic heterocycles. The number of amides is 1. The van der Waals surface area contributed by atoms with E-state index in [-0.39, 0.29) is 36.4 Å². The molecule has 0 bridgehead atoms. The minimum atomic E-state index is -0.0193. The first-order valence-corrected chi connectivity index (χ1v) is 9.63. The summed E-state index contributed by atoms with van der Waals surface area (Å²) in [6.45, 7) is 3.82. The summed E-state index contributed by atoms with van der Waals surface area (Å²) in [4.78, 5) is 17.7. The minimum absolute atomic E-state index is 0. The molecule has 1 aromatic rings. The molecule has 0 heterocycles. The number of carbonyl (C=O) groups excluding carboxylic acids is 1. The highest BCUT2D eigenvalue weighted by Gasteiger charge is 2.06. The van der Waals surface area contributed by atoms with Crippen LogP contribution in [0.1, 0.15) is 12.5 Å². The number of benzene rings is 1. The second kappa shape index (κ2) is 14.0. The van der Waals surface area contributed by atoms with Gasteiger partial charge in [-0.15, -0.1) is 24.0 Å². The number of hydrogen-bond donors (Lipinski definition) is 2. The van der Waals surface area contributed by atoms with Gasteiger partial charge in [0.05, 0.1) is 7.11 Å². The summed E-state index contributed by atoms with van der Waals surface area (Å²) >= 11 is 1.79. The third kappa shape index (κ3) is 10.1. The number of likely N-dealkylation sites (N-methyl/N-ethyl adjacent to an activating group) is 1. The monoisotopic (exact) mass is 494 g/mol. The number of nitrogens with zero attached hydrogens (tertiary/aromatic N) is 2. The number of ether oxygens (including phenoxy) is 1. The Morgan fingerprint density at radius 3 is 2.46 bits per heavy atom. The number of guanidine groups is 1. The lowest BCUT2D eigenvalue weighted by molar-refractivity contribution is -0.127. The quantitative estimate of drug-likeness (QED) is 0.313. The standard InChI is InChI=1S/C18H30N4O2S.HI/c1-14(25-5)12-20-18(21-13-17(23)22(2)3)19-11-10-15-6-8-16(24-4)9-7-15;/h6-9,14H,10-13H2,1-5H3,(H2,19,20,21);1H. The van der Waals surface area contributed by atoms with Crippen LogP contribution in [0.15, 0.2) is 29.3 Å². The number of nitrogens with one attached hydrogen (secondary N) is 2. The van der Waals surface area contributed by atoms with E-state index in [1.54, 1.807) is 37.9 Å². The SMILES string of the molecule is COc1ccc(CCNC(=NCC(=O)N(C)C)NCC(C)SC)cc1.I. The summed E-state index contributed by atoms with van der Waals surface area (Å²) in [6, 6.07) is 8.02. The average Bonchev–Trinajstić information content (AvgIpc) is 2.63. The maximum atomic E-state index is 11.7. The number of rotatable bonds is 9. The summed E-state index contributed by atoms with van der Waals surface area (Å²) in [7, 11) is 5.13. The topological polar surface area (TPSA) is 66.0 Å². The Hall–Kier alpha value is -1.16. The van der Waals surface area contributed by atoms with Crippen molar-refractivity contribution in [1.29, 1.82) is 0 Å². The Labute approximate surface area is 178 Å². The van der Waals surface area contributed by atoms with Crippen LogP contribution >= 0.6 is 35.7 Å². The Morgan fingerprint density at radius 2 is 1.92 bits per heavy atom. The molecule has 148 valence electrons. The fourth-order valence-corrected chi connectivity index (χ4v) is 2.15. The second-order valence-corrected chi connectivity index (χ2v) is 7.18. The van der Waals surface area contributed by atoms with Gasteiger partial charge in [0.1, 0.15) is 12.3 Å². The lowest BCUT2D eigenvalue weighted by Gasteiger charge is -2.16. The first-order chi connectivity index (χ1) is 12.0. The molecule has 0 spiro atoms. The van der Waals surface area contributed by atoms with Gasteiger partial charge in [-0.25, -0.2) is 4.99 Å². The van der Waals surface area contributed by atoms with E-state index in [0.717, 1.165) is 25.3 Å². The fraction of sp³-hybridized carbons (Fsp3) is 0.556. The molecule has 0 fully saturated rings. The summed E-state index contributed by atoms with van der Waals surface area (Å²) in [5.41, 5.74) is 1.22. The second-order valence-electron chi connectivity index (χ2n) is 5.91. The van der Waals surface area contributed by atoms with Gasteiger partial charge in [0.2, 0.25) is 5.91 Å². The molecule has 2 N–H and O–H groups in total. The van der Waals surface area contributed by atoms with Crippen molar-refractivity contribution in [2.75, 3.05) is 47.1 Å². The highest BCUT2D eigenvalue weighted by atomic mass is 127. The summed E-state index contributed by atoms with van der Waals surface area (Å²) in [5.74, 6) is 1.51. The molecule has 1 atom stereocenters. The van der Waals surface area contributed by atoms with Gasteiger partial charge in [-0.1, -0.05) is 19.1 Å². The number of hydrogen-bond acceptors (Lipinski definition) is 4. The zero-order valence-electron chi connectivity index (χ0n) is 16.2. The first kappa shape index (κ1) is 24.8. The molecular weight excluding hydrogens is 463 g/mol. The number of aliphatic imine (C=N–C) groups is 1. The van der Waals surface area contributed by atoms with E-state index < -0.39 is 0 Å². The van der Waals surface area contributed by atoms with Crippen molar-refractivity contribution in [2.45, 2.75) is 18.6 Å². The van der Waals surface area contributed by atoms with Crippen molar-refractivity contribution in [3.05, 3.63) is 29.8 Å². The van der Waals surface area contributed by atoms with Crippen LogP contribution in [0, 0.1) is 0 Å². The van der Waals surface area contributed by atoms with Crippen molar-refractivity contribution >= 4 is 47.6 Å². The number of methoxy groups -OCH3 is 1.